The SMILES string of the molecule is COc1cc2c(cc1OC)[C@H]([C@H]1OC(=O)c3c1ccc(OC)c3OC)NCC2. The molecule has 2 heterocycles. The van der Waals surface area contributed by atoms with Crippen molar-refractivity contribution in [3.63, 3.8) is 0 Å². The van der Waals surface area contributed by atoms with Crippen LogP contribution >= 0.6 is 0 Å². The Labute approximate surface area is 163 Å². The number of rotatable bonds is 5. The van der Waals surface area contributed by atoms with Crippen LogP contribution in [0.1, 0.15) is 39.2 Å². The lowest BCUT2D eigenvalue weighted by molar-refractivity contribution is 0.0284. The molecule has 0 aliphatic carbocycles. The fraction of sp³-hybridized carbons (Fsp3) is 0.381. The summed E-state index contributed by atoms with van der Waals surface area (Å²) in [5.74, 6) is 1.83. The van der Waals surface area contributed by atoms with Crippen LogP contribution in [0.4, 0.5) is 0 Å². The Morgan fingerprint density at radius 3 is 2.32 bits per heavy atom. The third-order valence-corrected chi connectivity index (χ3v) is 5.36. The molecule has 0 fully saturated rings. The van der Waals surface area contributed by atoms with Crippen LogP contribution in [0.3, 0.4) is 0 Å². The summed E-state index contributed by atoms with van der Waals surface area (Å²) in [6.07, 6.45) is 0.380. The predicted molar refractivity (Wildman–Crippen MR) is 102 cm³/mol. The lowest BCUT2D eigenvalue weighted by Gasteiger charge is -2.31. The molecule has 1 N–H and O–H groups in total. The van der Waals surface area contributed by atoms with E-state index in [1.165, 1.54) is 7.11 Å². The molecule has 0 radical (unpaired) electrons. The highest BCUT2D eigenvalue weighted by molar-refractivity contribution is 5.98. The normalized spacial score (nSPS) is 20.1. The van der Waals surface area contributed by atoms with E-state index in [4.69, 9.17) is 23.7 Å². The van der Waals surface area contributed by atoms with Crippen LogP contribution in [0.25, 0.3) is 0 Å². The molecule has 0 spiro atoms. The van der Waals surface area contributed by atoms with Crippen molar-refractivity contribution >= 4 is 5.97 Å². The second-order valence-electron chi connectivity index (χ2n) is 6.68. The van der Waals surface area contributed by atoms with Gasteiger partial charge in [-0.1, -0.05) is 6.07 Å². The number of cyclic esters (lactones) is 1. The highest BCUT2D eigenvalue weighted by atomic mass is 16.6. The first-order valence-corrected chi connectivity index (χ1v) is 9.07. The summed E-state index contributed by atoms with van der Waals surface area (Å²) in [7, 11) is 6.29. The Morgan fingerprint density at radius 2 is 1.64 bits per heavy atom. The van der Waals surface area contributed by atoms with E-state index in [0.29, 0.717) is 28.6 Å². The van der Waals surface area contributed by atoms with E-state index >= 15 is 0 Å². The maximum atomic E-state index is 12.7. The van der Waals surface area contributed by atoms with E-state index in [0.717, 1.165) is 29.7 Å². The van der Waals surface area contributed by atoms with Crippen molar-refractivity contribution in [2.45, 2.75) is 18.6 Å². The maximum absolute atomic E-state index is 12.7. The number of hydrogen-bond acceptors (Lipinski definition) is 7. The van der Waals surface area contributed by atoms with E-state index in [9.17, 15) is 4.79 Å². The molecule has 2 aliphatic rings. The standard InChI is InChI=1S/C21H23NO6/c1-24-14-6-5-12-17(20(14)27-4)21(23)28-19(12)18-13-10-16(26-3)15(25-2)9-11(13)7-8-22-18/h5-6,9-10,18-19,22H,7-8H2,1-4H3/t18-,19+/m1/s1. The first kappa shape index (κ1) is 18.4. The number of nitrogens with one attached hydrogen (secondary N) is 1. The number of carbonyl (C=O) groups is 1. The maximum Gasteiger partial charge on any atom is 0.343 e. The van der Waals surface area contributed by atoms with Crippen LogP contribution in [0.5, 0.6) is 23.0 Å². The highest BCUT2D eigenvalue weighted by Gasteiger charge is 2.42. The molecule has 0 amide bonds. The molecule has 0 unspecified atom stereocenters. The van der Waals surface area contributed by atoms with Gasteiger partial charge < -0.3 is 29.0 Å². The second kappa shape index (κ2) is 7.24. The van der Waals surface area contributed by atoms with Gasteiger partial charge in [0.15, 0.2) is 23.0 Å². The molecule has 0 saturated carbocycles. The molecule has 148 valence electrons. The predicted octanol–water partition coefficient (Wildman–Crippen LogP) is 2.82. The molecule has 7 nitrogen and oxygen atoms in total. The summed E-state index contributed by atoms with van der Waals surface area (Å²) in [4.78, 5) is 12.7. The molecule has 7 heteroatoms. The fourth-order valence-corrected chi connectivity index (χ4v) is 4.06. The highest BCUT2D eigenvalue weighted by Crippen LogP contribution is 2.48. The van der Waals surface area contributed by atoms with Gasteiger partial charge in [-0.15, -0.1) is 0 Å². The van der Waals surface area contributed by atoms with E-state index in [2.05, 4.69) is 5.32 Å². The van der Waals surface area contributed by atoms with Gasteiger partial charge in [0.05, 0.1) is 34.5 Å². The Morgan fingerprint density at radius 1 is 0.929 bits per heavy atom. The quantitative estimate of drug-likeness (QED) is 0.793. The summed E-state index contributed by atoms with van der Waals surface area (Å²) in [6, 6.07) is 7.41. The van der Waals surface area contributed by atoms with Crippen molar-refractivity contribution < 1.29 is 28.5 Å². The molecule has 0 aromatic heterocycles. The molecule has 0 bridgehead atoms. The van der Waals surface area contributed by atoms with Crippen LogP contribution in [-0.4, -0.2) is 41.0 Å². The van der Waals surface area contributed by atoms with Crippen molar-refractivity contribution in [2.24, 2.45) is 0 Å². The van der Waals surface area contributed by atoms with Gasteiger partial charge in [-0.25, -0.2) is 4.79 Å². The van der Waals surface area contributed by atoms with Gasteiger partial charge in [0.1, 0.15) is 11.7 Å². The molecule has 2 aromatic carbocycles. The minimum Gasteiger partial charge on any atom is -0.493 e. The van der Waals surface area contributed by atoms with Gasteiger partial charge in [-0.2, -0.15) is 0 Å². The summed E-state index contributed by atoms with van der Waals surface area (Å²) >= 11 is 0. The Kier molecular flexibility index (Phi) is 4.77. The smallest absolute Gasteiger partial charge is 0.343 e. The van der Waals surface area contributed by atoms with Crippen molar-refractivity contribution in [1.82, 2.24) is 5.32 Å². The first-order chi connectivity index (χ1) is 13.6. The van der Waals surface area contributed by atoms with Crippen molar-refractivity contribution in [3.8, 4) is 23.0 Å². The zero-order chi connectivity index (χ0) is 19.8. The third-order valence-electron chi connectivity index (χ3n) is 5.36. The largest absolute Gasteiger partial charge is 0.493 e. The Hall–Kier alpha value is -2.93. The van der Waals surface area contributed by atoms with Gasteiger partial charge in [0.2, 0.25) is 0 Å². The molecule has 4 rings (SSSR count). The molecule has 2 aliphatic heterocycles. The average molecular weight is 385 g/mol. The lowest BCUT2D eigenvalue weighted by Crippen LogP contribution is -2.34. The zero-order valence-corrected chi connectivity index (χ0v) is 16.3. The lowest BCUT2D eigenvalue weighted by atomic mass is 9.87. The minimum atomic E-state index is -0.473. The van der Waals surface area contributed by atoms with E-state index in [1.54, 1.807) is 27.4 Å². The third kappa shape index (κ3) is 2.74. The van der Waals surface area contributed by atoms with Crippen LogP contribution < -0.4 is 24.3 Å². The van der Waals surface area contributed by atoms with Gasteiger partial charge in [-0.3, -0.25) is 0 Å². The topological polar surface area (TPSA) is 75.3 Å². The minimum absolute atomic E-state index is 0.202. The number of hydrogen-bond donors (Lipinski definition) is 1. The monoisotopic (exact) mass is 385 g/mol. The number of fused-ring (bicyclic) bond motifs is 2. The van der Waals surface area contributed by atoms with Crippen molar-refractivity contribution in [1.29, 1.82) is 0 Å². The van der Waals surface area contributed by atoms with Crippen molar-refractivity contribution in [3.05, 3.63) is 46.5 Å². The molecule has 2 aromatic rings. The van der Waals surface area contributed by atoms with Gasteiger partial charge >= 0.3 is 5.97 Å². The van der Waals surface area contributed by atoms with E-state index < -0.39 is 12.1 Å². The van der Waals surface area contributed by atoms with Crippen molar-refractivity contribution in [2.75, 3.05) is 35.0 Å². The van der Waals surface area contributed by atoms with Crippen LogP contribution in [0.15, 0.2) is 24.3 Å². The van der Waals surface area contributed by atoms with Crippen LogP contribution in [0, 0.1) is 0 Å². The summed E-state index contributed by atoms with van der Waals surface area (Å²) in [5.41, 5.74) is 3.37. The molecule has 0 saturated heterocycles. The number of methoxy groups -OCH3 is 4. The number of ether oxygens (including phenoxy) is 5. The van der Waals surface area contributed by atoms with Crippen LogP contribution in [-0.2, 0) is 11.2 Å². The molecular weight excluding hydrogens is 362 g/mol. The van der Waals surface area contributed by atoms with Gasteiger partial charge in [-0.05, 0) is 42.3 Å². The molecular formula is C21H23NO6. The van der Waals surface area contributed by atoms with Crippen LogP contribution in [0.2, 0.25) is 0 Å². The summed E-state index contributed by atoms with van der Waals surface area (Å²) in [6.45, 7) is 0.768. The summed E-state index contributed by atoms with van der Waals surface area (Å²) in [5, 5.41) is 3.49. The number of carbonyl (C=O) groups excluding carboxylic acids is 1. The van der Waals surface area contributed by atoms with Gasteiger partial charge in [0, 0.05) is 5.56 Å². The average Bonchev–Trinajstić information content (AvgIpc) is 3.07. The fourth-order valence-electron chi connectivity index (χ4n) is 4.06. The van der Waals surface area contributed by atoms with E-state index in [1.807, 2.05) is 18.2 Å². The van der Waals surface area contributed by atoms with E-state index in [-0.39, 0.29) is 6.04 Å². The zero-order valence-electron chi connectivity index (χ0n) is 16.3. The first-order valence-electron chi connectivity index (χ1n) is 9.07. The summed E-state index contributed by atoms with van der Waals surface area (Å²) < 4.78 is 27.5. The number of benzene rings is 2. The number of esters is 1. The van der Waals surface area contributed by atoms with Gasteiger partial charge in [0.25, 0.3) is 0 Å². The molecule has 28 heavy (non-hydrogen) atoms. The second-order valence-corrected chi connectivity index (χ2v) is 6.68. The Bertz CT molecular complexity index is 926. The Balaban J connectivity index is 1.81. The molecule has 2 atom stereocenters.